The third-order valence-electron chi connectivity index (χ3n) is 17.2. The van der Waals surface area contributed by atoms with Crippen LogP contribution in [0.15, 0.2) is 12.2 Å². The van der Waals surface area contributed by atoms with Gasteiger partial charge in [-0.3, -0.25) is 28.0 Å². The monoisotopic (exact) mass is 1380 g/mol. The van der Waals surface area contributed by atoms with E-state index in [1.807, 2.05) is 0 Å². The minimum atomic E-state index is -5.66. The first-order valence-corrected chi connectivity index (χ1v) is 39.1. The van der Waals surface area contributed by atoms with Crippen LogP contribution in [0, 0.1) is 0 Å². The molecule has 93 heavy (non-hydrogen) atoms. The van der Waals surface area contributed by atoms with Gasteiger partial charge in [-0.2, -0.15) is 0 Å². The summed E-state index contributed by atoms with van der Waals surface area (Å²) in [7, 11) is -9.86. The minimum absolute atomic E-state index is 0. The van der Waals surface area contributed by atoms with Crippen LogP contribution in [0.3, 0.4) is 0 Å². The van der Waals surface area contributed by atoms with Crippen molar-refractivity contribution in [3.63, 3.8) is 0 Å². The Labute approximate surface area is 606 Å². The van der Waals surface area contributed by atoms with E-state index in [0.717, 1.165) is 141 Å². The number of allylic oxidation sites excluding steroid dienone is 2. The van der Waals surface area contributed by atoms with E-state index in [0.29, 0.717) is 38.5 Å². The molecule has 2 rings (SSSR count). The molecule has 2 fully saturated rings. The molecule has 0 saturated carbocycles. The smallest absolute Gasteiger partial charge is 0.756 e. The quantitative estimate of drug-likeness (QED) is 0.0119. The maximum Gasteiger partial charge on any atom is 1.00 e. The molecule has 2 saturated heterocycles. The number of hydrogen-bond acceptors (Lipinski definition) is 17. The molecule has 25 heteroatoms. The van der Waals surface area contributed by atoms with Crippen LogP contribution < -0.4 is 79.5 Å². The maximum atomic E-state index is 14.1. The Morgan fingerprint density at radius 3 is 1.41 bits per heavy atom. The fourth-order valence-electron chi connectivity index (χ4n) is 12.0. The van der Waals surface area contributed by atoms with Crippen molar-refractivity contribution in [2.75, 3.05) is 33.5 Å². The zero-order valence-electron chi connectivity index (χ0n) is 59.0. The van der Waals surface area contributed by atoms with Crippen molar-refractivity contribution in [1.29, 1.82) is 0 Å². The van der Waals surface area contributed by atoms with Gasteiger partial charge in [0.2, 0.25) is 11.8 Å². The Morgan fingerprint density at radius 1 is 0.484 bits per heavy atom. The predicted molar refractivity (Wildman–Crippen MR) is 351 cm³/mol. The van der Waals surface area contributed by atoms with Crippen LogP contribution in [-0.2, 0) is 61.0 Å². The third kappa shape index (κ3) is 47.9. The number of ether oxygens (including phenoxy) is 6. The van der Waals surface area contributed by atoms with Crippen LogP contribution in [0.1, 0.15) is 304 Å². The molecule has 536 valence electrons. The van der Waals surface area contributed by atoms with E-state index in [-0.39, 0.29) is 97.6 Å². The summed E-state index contributed by atoms with van der Waals surface area (Å²) >= 11 is 0. The van der Waals surface area contributed by atoms with Crippen molar-refractivity contribution in [3.05, 3.63) is 12.2 Å². The zero-order valence-corrected chi connectivity index (χ0v) is 64.8. The molecule has 13 atom stereocenters. The van der Waals surface area contributed by atoms with Crippen molar-refractivity contribution in [2.45, 2.75) is 371 Å². The second kappa shape index (κ2) is 59.9. The van der Waals surface area contributed by atoms with Crippen molar-refractivity contribution in [3.8, 4) is 0 Å². The summed E-state index contributed by atoms with van der Waals surface area (Å²) in [5.74, 6) is -1.61. The molecule has 0 aromatic carbocycles. The van der Waals surface area contributed by atoms with Gasteiger partial charge in [0.1, 0.15) is 54.5 Å². The Balaban J connectivity index is 0.0000423. The van der Waals surface area contributed by atoms with Gasteiger partial charge >= 0.3 is 59.1 Å². The molecule has 0 aliphatic carbocycles. The first-order valence-electron chi connectivity index (χ1n) is 36.1. The Kier molecular flexibility index (Phi) is 60.1. The topological polar surface area (TPSA) is 310 Å². The predicted octanol–water partition coefficient (Wildman–Crippen LogP) is 6.87. The van der Waals surface area contributed by atoms with Gasteiger partial charge in [-0.05, 0) is 64.2 Å². The largest absolute Gasteiger partial charge is 1.00 e. The van der Waals surface area contributed by atoms with Crippen LogP contribution in [-0.4, -0.2) is 139 Å². The van der Waals surface area contributed by atoms with Gasteiger partial charge in [0.15, 0.2) is 12.6 Å². The number of nitrogens with one attached hydrogen (secondary N) is 2. The van der Waals surface area contributed by atoms with Gasteiger partial charge < -0.3 is 73.4 Å². The van der Waals surface area contributed by atoms with Crippen molar-refractivity contribution in [1.82, 2.24) is 10.6 Å². The van der Waals surface area contributed by atoms with E-state index in [9.17, 15) is 53.3 Å². The van der Waals surface area contributed by atoms with E-state index in [1.54, 1.807) is 0 Å². The summed E-state index contributed by atoms with van der Waals surface area (Å²) in [5.41, 5.74) is 0. The molecule has 0 aromatic rings. The number of carbonyl (C=O) groups excluding carboxylic acids is 3. The van der Waals surface area contributed by atoms with Gasteiger partial charge in [-0.1, -0.05) is 232 Å². The number of carbonyl (C=O) groups is 3. The fourth-order valence-corrected chi connectivity index (χ4v) is 13.0. The summed E-state index contributed by atoms with van der Waals surface area (Å²) in [5, 5.41) is 28.7. The van der Waals surface area contributed by atoms with Crippen LogP contribution in [0.4, 0.5) is 0 Å². The molecule has 2 aliphatic heterocycles. The number of amides is 2. The number of Topliss-reactive ketones (excluding diaryl/α,β-unsaturated/α-hetero) is 1. The SMILES string of the molecule is CCCCCC/C=C\CCCCCCCCCC(=O)NC1C(OCC2OC(OP(=O)([O-])O)C(NC(=O)CC(=O)CCCCCCCCCCC)C(OCCCCCCCCCCCC)C2O)OC(COC)C(OP(=O)([O-])O)C1OCCCC(O)CCCCCCC.[Na+].[Na+]. The van der Waals surface area contributed by atoms with E-state index in [2.05, 4.69) is 50.5 Å². The zero-order chi connectivity index (χ0) is 66.8. The molecular formula is C68H128N2Na2O19P2. The summed E-state index contributed by atoms with van der Waals surface area (Å²) in [6, 6.07) is -2.95. The second-order valence-corrected chi connectivity index (χ2v) is 27.9. The second-order valence-electron chi connectivity index (χ2n) is 25.6. The Bertz CT molecular complexity index is 1940. The van der Waals surface area contributed by atoms with E-state index in [4.69, 9.17) is 37.5 Å². The number of rotatable bonds is 61. The molecule has 2 aliphatic rings. The summed E-state index contributed by atoms with van der Waals surface area (Å²) in [4.78, 5) is 86.5. The van der Waals surface area contributed by atoms with Crippen molar-refractivity contribution >= 4 is 33.2 Å². The van der Waals surface area contributed by atoms with Gasteiger partial charge in [-0.25, -0.2) is 0 Å². The molecule has 13 unspecified atom stereocenters. The molecule has 21 nitrogen and oxygen atoms in total. The van der Waals surface area contributed by atoms with Gasteiger partial charge in [0, 0.05) is 33.2 Å². The number of hydrogen-bond donors (Lipinski definition) is 6. The summed E-state index contributed by atoms with van der Waals surface area (Å²) in [6.45, 7) is 7.72. The molecule has 6 N–H and O–H groups in total. The number of aliphatic hydroxyl groups is 2. The normalized spacial score (nSPS) is 23.2. The van der Waals surface area contributed by atoms with Crippen LogP contribution >= 0.6 is 15.6 Å². The Morgan fingerprint density at radius 2 is 0.892 bits per heavy atom. The average Bonchev–Trinajstić information content (AvgIpc) is 0.797. The first kappa shape index (κ1) is 93.2. The molecule has 2 amide bonds. The van der Waals surface area contributed by atoms with Crippen molar-refractivity contribution < 1.29 is 150 Å². The number of phosphoric ester groups is 2. The van der Waals surface area contributed by atoms with Gasteiger partial charge in [0.05, 0.1) is 25.7 Å². The molecule has 0 spiro atoms. The Hall–Kier alpha value is 0.250. The molecule has 2 heterocycles. The molecular weight excluding hydrogens is 1260 g/mol. The first-order chi connectivity index (χ1) is 43.9. The fraction of sp³-hybridized carbons (Fsp3) is 0.926. The maximum absolute atomic E-state index is 14.1. The van der Waals surface area contributed by atoms with Crippen LogP contribution in [0.2, 0.25) is 0 Å². The van der Waals surface area contributed by atoms with E-state index in [1.165, 1.54) is 84.2 Å². The molecule has 0 aromatic heterocycles. The number of aliphatic hydroxyl groups excluding tert-OH is 2. The van der Waals surface area contributed by atoms with E-state index < -0.39 is 108 Å². The molecule has 0 bridgehead atoms. The standard InChI is InChI=1S/C68H130N2O19P2.2Na/c1-6-10-14-18-21-24-26-27-28-29-30-32-35-39-43-49-59(73)69-62-66(84-51-45-48-55(71)46-41-37-17-13-9-4)64(88-90(76,77)78)58(53-82-5)87-67(62)85-54-57-63(75)65(83-50-44-40-36-33-25-22-19-15-11-7-2)61(68(86-57)89-91(79,80)81)70-60(74)52-56(72)47-42-38-34-31-23-20-16-12-8-3;;/h24,26,55,57-58,61-68,71,75H,6-23,25,27-54H2,1-5H3,(H,69,73)(H,70,74)(H2,76,77,78)(H2,79,80,81);;/q;2*+1/p-2/b26-24-;;. The summed E-state index contributed by atoms with van der Waals surface area (Å²) in [6.07, 6.45) is 30.7. The van der Waals surface area contributed by atoms with Gasteiger partial charge in [0.25, 0.3) is 15.6 Å². The van der Waals surface area contributed by atoms with Crippen LogP contribution in [0.5, 0.6) is 0 Å². The number of methoxy groups -OCH3 is 1. The number of phosphoric acid groups is 2. The summed E-state index contributed by atoms with van der Waals surface area (Å²) < 4.78 is 72.6. The van der Waals surface area contributed by atoms with Gasteiger partial charge in [-0.15, -0.1) is 0 Å². The minimum Gasteiger partial charge on any atom is -0.756 e. The van der Waals surface area contributed by atoms with Crippen molar-refractivity contribution in [2.24, 2.45) is 0 Å². The van der Waals surface area contributed by atoms with E-state index >= 15 is 0 Å². The average molecular weight is 1390 g/mol. The number of ketones is 1. The third-order valence-corrected chi connectivity index (χ3v) is 18.2. The molecule has 0 radical (unpaired) electrons. The number of unbranched alkanes of at least 4 members (excludes halogenated alkanes) is 32. The van der Waals surface area contributed by atoms with Crippen LogP contribution in [0.25, 0.3) is 0 Å².